The van der Waals surface area contributed by atoms with Crippen LogP contribution < -0.4 is 0 Å². The molecule has 0 atom stereocenters. The maximum Gasteiger partial charge on any atom is 0.227 e. The maximum absolute atomic E-state index is 9.20. The molecule has 5 heteroatoms. The molecule has 0 fully saturated rings. The van der Waals surface area contributed by atoms with E-state index in [1.165, 1.54) is 0 Å². The van der Waals surface area contributed by atoms with Gasteiger partial charge in [-0.3, -0.25) is 0 Å². The van der Waals surface area contributed by atoms with Gasteiger partial charge in [-0.15, -0.1) is 0 Å². The molecule has 0 radical (unpaired) electrons. The van der Waals surface area contributed by atoms with Gasteiger partial charge in [0, 0.05) is 25.2 Å². The van der Waals surface area contributed by atoms with Crippen molar-refractivity contribution in [3.05, 3.63) is 30.2 Å². The van der Waals surface area contributed by atoms with E-state index < -0.39 is 0 Å². The Morgan fingerprint density at radius 3 is 2.78 bits per heavy atom. The topological polar surface area (TPSA) is 68.4 Å². The number of ether oxygens (including phenoxy) is 1. The van der Waals surface area contributed by atoms with E-state index in [2.05, 4.69) is 10.1 Å². The summed E-state index contributed by atoms with van der Waals surface area (Å²) in [7, 11) is 0. The third-order valence-electron chi connectivity index (χ3n) is 2.48. The number of aromatic nitrogens is 2. The number of aryl methyl sites for hydroxylation is 1. The quantitative estimate of drug-likeness (QED) is 0.795. The summed E-state index contributed by atoms with van der Waals surface area (Å²) in [4.78, 5) is 4.29. The molecule has 0 aliphatic heterocycles. The van der Waals surface area contributed by atoms with Gasteiger partial charge in [-0.1, -0.05) is 5.16 Å². The minimum absolute atomic E-state index is 0.221. The van der Waals surface area contributed by atoms with Crippen LogP contribution in [-0.2, 0) is 11.2 Å². The second kappa shape index (κ2) is 6.16. The fourth-order valence-corrected chi connectivity index (χ4v) is 1.55. The first kappa shape index (κ1) is 12.6. The first-order valence-corrected chi connectivity index (χ1v) is 5.99. The van der Waals surface area contributed by atoms with Crippen LogP contribution >= 0.6 is 0 Å². The number of phenols is 1. The van der Waals surface area contributed by atoms with Crippen LogP contribution in [0.5, 0.6) is 5.75 Å². The van der Waals surface area contributed by atoms with Crippen molar-refractivity contribution < 1.29 is 14.4 Å². The highest BCUT2D eigenvalue weighted by molar-refractivity contribution is 5.55. The molecule has 1 aromatic carbocycles. The zero-order chi connectivity index (χ0) is 12.8. The van der Waals surface area contributed by atoms with Crippen molar-refractivity contribution in [2.24, 2.45) is 0 Å². The predicted molar refractivity (Wildman–Crippen MR) is 66.2 cm³/mol. The average molecular weight is 248 g/mol. The molecule has 0 spiro atoms. The molecule has 0 unspecified atom stereocenters. The second-order valence-electron chi connectivity index (χ2n) is 3.86. The van der Waals surface area contributed by atoms with E-state index in [0.717, 1.165) is 18.6 Å². The van der Waals surface area contributed by atoms with E-state index in [4.69, 9.17) is 9.26 Å². The Morgan fingerprint density at radius 2 is 2.06 bits per heavy atom. The van der Waals surface area contributed by atoms with E-state index in [1.54, 1.807) is 24.3 Å². The number of phenolic OH excluding ortho intramolecular Hbond substituents is 1. The zero-order valence-corrected chi connectivity index (χ0v) is 10.3. The van der Waals surface area contributed by atoms with Gasteiger partial charge in [-0.05, 0) is 37.6 Å². The van der Waals surface area contributed by atoms with Crippen molar-refractivity contribution in [1.82, 2.24) is 10.1 Å². The smallest absolute Gasteiger partial charge is 0.227 e. The van der Waals surface area contributed by atoms with Crippen LogP contribution in [0, 0.1) is 0 Å². The van der Waals surface area contributed by atoms with E-state index in [9.17, 15) is 5.11 Å². The van der Waals surface area contributed by atoms with Crippen molar-refractivity contribution in [1.29, 1.82) is 0 Å². The molecule has 1 N–H and O–H groups in total. The lowest BCUT2D eigenvalue weighted by atomic mass is 10.2. The van der Waals surface area contributed by atoms with Gasteiger partial charge in [0.15, 0.2) is 0 Å². The standard InChI is InChI=1S/C13H16N2O3/c1-2-17-9-3-4-12-14-13(15-18-12)10-5-7-11(16)8-6-10/h5-8,16H,2-4,9H2,1H3. The van der Waals surface area contributed by atoms with Crippen LogP contribution in [0.3, 0.4) is 0 Å². The summed E-state index contributed by atoms with van der Waals surface area (Å²) in [6.07, 6.45) is 1.58. The van der Waals surface area contributed by atoms with Crippen LogP contribution in [-0.4, -0.2) is 28.5 Å². The molecular formula is C13H16N2O3. The van der Waals surface area contributed by atoms with Gasteiger partial charge in [0.1, 0.15) is 5.75 Å². The summed E-state index contributed by atoms with van der Waals surface area (Å²) in [5, 5.41) is 13.1. The van der Waals surface area contributed by atoms with E-state index >= 15 is 0 Å². The molecule has 1 aromatic heterocycles. The third kappa shape index (κ3) is 3.30. The lowest BCUT2D eigenvalue weighted by Crippen LogP contribution is -1.96. The van der Waals surface area contributed by atoms with Crippen molar-refractivity contribution in [2.75, 3.05) is 13.2 Å². The van der Waals surface area contributed by atoms with Crippen molar-refractivity contribution in [2.45, 2.75) is 19.8 Å². The Balaban J connectivity index is 1.95. The first-order valence-electron chi connectivity index (χ1n) is 5.99. The number of hydrogen-bond acceptors (Lipinski definition) is 5. The number of aromatic hydroxyl groups is 1. The number of rotatable bonds is 6. The van der Waals surface area contributed by atoms with Gasteiger partial charge < -0.3 is 14.4 Å². The fourth-order valence-electron chi connectivity index (χ4n) is 1.55. The average Bonchev–Trinajstić information content (AvgIpc) is 2.84. The molecule has 0 amide bonds. The van der Waals surface area contributed by atoms with Gasteiger partial charge in [-0.2, -0.15) is 4.98 Å². The predicted octanol–water partition coefficient (Wildman–Crippen LogP) is 2.41. The highest BCUT2D eigenvalue weighted by atomic mass is 16.5. The lowest BCUT2D eigenvalue weighted by Gasteiger charge is -1.97. The van der Waals surface area contributed by atoms with Crippen molar-refractivity contribution >= 4 is 0 Å². The van der Waals surface area contributed by atoms with Crippen LogP contribution in [0.15, 0.2) is 28.8 Å². The zero-order valence-electron chi connectivity index (χ0n) is 10.3. The highest BCUT2D eigenvalue weighted by Crippen LogP contribution is 2.19. The summed E-state index contributed by atoms with van der Waals surface area (Å²) in [6.45, 7) is 3.39. The SMILES string of the molecule is CCOCCCc1nc(-c2ccc(O)cc2)no1. The molecule has 2 aromatic rings. The van der Waals surface area contributed by atoms with Crippen molar-refractivity contribution in [3.8, 4) is 17.1 Å². The molecular weight excluding hydrogens is 232 g/mol. The lowest BCUT2D eigenvalue weighted by molar-refractivity contribution is 0.143. The molecule has 18 heavy (non-hydrogen) atoms. The van der Waals surface area contributed by atoms with Gasteiger partial charge in [0.2, 0.25) is 11.7 Å². The number of nitrogens with zero attached hydrogens (tertiary/aromatic N) is 2. The maximum atomic E-state index is 9.20. The molecule has 5 nitrogen and oxygen atoms in total. The van der Waals surface area contributed by atoms with E-state index in [1.807, 2.05) is 6.92 Å². The molecule has 0 saturated heterocycles. The molecule has 96 valence electrons. The Kier molecular flexibility index (Phi) is 4.30. The van der Waals surface area contributed by atoms with Crippen LogP contribution in [0.25, 0.3) is 11.4 Å². The van der Waals surface area contributed by atoms with Crippen LogP contribution in [0.1, 0.15) is 19.2 Å². The number of hydrogen-bond donors (Lipinski definition) is 1. The second-order valence-corrected chi connectivity index (χ2v) is 3.86. The normalized spacial score (nSPS) is 10.7. The molecule has 0 bridgehead atoms. The Hall–Kier alpha value is -1.88. The summed E-state index contributed by atoms with van der Waals surface area (Å²) < 4.78 is 10.4. The minimum Gasteiger partial charge on any atom is -0.508 e. The van der Waals surface area contributed by atoms with Gasteiger partial charge in [0.05, 0.1) is 0 Å². The third-order valence-corrected chi connectivity index (χ3v) is 2.48. The Bertz CT molecular complexity index is 479. The Morgan fingerprint density at radius 1 is 1.28 bits per heavy atom. The van der Waals surface area contributed by atoms with E-state index in [0.29, 0.717) is 24.7 Å². The van der Waals surface area contributed by atoms with Gasteiger partial charge in [0.25, 0.3) is 0 Å². The summed E-state index contributed by atoms with van der Waals surface area (Å²) >= 11 is 0. The Labute approximate surface area is 105 Å². The summed E-state index contributed by atoms with van der Waals surface area (Å²) in [5.74, 6) is 1.37. The molecule has 0 aliphatic carbocycles. The molecule has 0 aliphatic rings. The van der Waals surface area contributed by atoms with Crippen LogP contribution in [0.2, 0.25) is 0 Å². The molecule has 2 rings (SSSR count). The number of benzene rings is 1. The molecule has 0 saturated carbocycles. The molecule has 1 heterocycles. The minimum atomic E-state index is 0.221. The monoisotopic (exact) mass is 248 g/mol. The fraction of sp³-hybridized carbons (Fsp3) is 0.385. The first-order chi connectivity index (χ1) is 8.79. The summed E-state index contributed by atoms with van der Waals surface area (Å²) in [6, 6.07) is 6.70. The van der Waals surface area contributed by atoms with Gasteiger partial charge in [-0.25, -0.2) is 0 Å². The largest absolute Gasteiger partial charge is 0.508 e. The van der Waals surface area contributed by atoms with Crippen LogP contribution in [0.4, 0.5) is 0 Å². The summed E-state index contributed by atoms with van der Waals surface area (Å²) in [5.41, 5.74) is 0.826. The van der Waals surface area contributed by atoms with E-state index in [-0.39, 0.29) is 5.75 Å². The van der Waals surface area contributed by atoms with Gasteiger partial charge >= 0.3 is 0 Å². The van der Waals surface area contributed by atoms with Crippen molar-refractivity contribution in [3.63, 3.8) is 0 Å². The highest BCUT2D eigenvalue weighted by Gasteiger charge is 2.08.